The normalized spacial score (nSPS) is 16.1. The zero-order chi connectivity index (χ0) is 13.7. The molecule has 1 aromatic rings. The van der Waals surface area contributed by atoms with Crippen LogP contribution in [-0.4, -0.2) is 24.2 Å². The van der Waals surface area contributed by atoms with Gasteiger partial charge in [0.05, 0.1) is 6.61 Å². The van der Waals surface area contributed by atoms with Crippen LogP contribution in [-0.2, 0) is 17.6 Å². The van der Waals surface area contributed by atoms with Crippen LogP contribution in [0.25, 0.3) is 0 Å². The molecule has 0 spiro atoms. The number of aliphatic hydroxyl groups is 1. The Morgan fingerprint density at radius 1 is 1.26 bits per heavy atom. The number of aliphatic hydroxyl groups excluding tert-OH is 1. The Morgan fingerprint density at radius 3 is 2.42 bits per heavy atom. The molecule has 0 atom stereocenters. The maximum Gasteiger partial charge on any atom is 0.220 e. The van der Waals surface area contributed by atoms with Crippen LogP contribution in [0.5, 0.6) is 0 Å². The molecule has 2 rings (SSSR count). The van der Waals surface area contributed by atoms with Gasteiger partial charge in [-0.3, -0.25) is 4.79 Å². The molecule has 1 aliphatic carbocycles. The van der Waals surface area contributed by atoms with Crippen molar-refractivity contribution in [2.24, 2.45) is 5.41 Å². The molecule has 1 aromatic carbocycles. The Balaban J connectivity index is 1.70. The molecule has 2 N–H and O–H groups in total. The molecule has 0 radical (unpaired) electrons. The molecule has 104 valence electrons. The lowest BCUT2D eigenvalue weighted by molar-refractivity contribution is -0.121. The molecule has 1 aliphatic rings. The van der Waals surface area contributed by atoms with E-state index in [0.717, 1.165) is 25.7 Å². The number of benzene rings is 1. The Hall–Kier alpha value is -1.35. The summed E-state index contributed by atoms with van der Waals surface area (Å²) in [7, 11) is 0. The second-order valence-electron chi connectivity index (χ2n) is 5.60. The van der Waals surface area contributed by atoms with E-state index in [2.05, 4.69) is 36.5 Å². The minimum atomic E-state index is -0.00155. The Labute approximate surface area is 115 Å². The van der Waals surface area contributed by atoms with Crippen LogP contribution >= 0.6 is 0 Å². The van der Waals surface area contributed by atoms with E-state index in [1.807, 2.05) is 0 Å². The molecular formula is C16H23NO2. The summed E-state index contributed by atoms with van der Waals surface area (Å²) in [6, 6.07) is 8.45. The minimum Gasteiger partial charge on any atom is -0.396 e. The molecular weight excluding hydrogens is 238 g/mol. The lowest BCUT2D eigenvalue weighted by atomic mass is 10.1. The van der Waals surface area contributed by atoms with Gasteiger partial charge in [0.25, 0.3) is 0 Å². The summed E-state index contributed by atoms with van der Waals surface area (Å²) in [6.45, 7) is 2.94. The van der Waals surface area contributed by atoms with Crippen LogP contribution in [0.3, 0.4) is 0 Å². The van der Waals surface area contributed by atoms with Crippen LogP contribution in [0, 0.1) is 5.41 Å². The third kappa shape index (κ3) is 4.06. The summed E-state index contributed by atoms with van der Waals surface area (Å²) >= 11 is 0. The number of aryl methyl sites for hydroxylation is 2. The number of carbonyl (C=O) groups excluding carboxylic acids is 1. The van der Waals surface area contributed by atoms with Gasteiger partial charge in [-0.2, -0.15) is 0 Å². The first-order valence-electron chi connectivity index (χ1n) is 7.13. The van der Waals surface area contributed by atoms with Gasteiger partial charge in [-0.05, 0) is 36.8 Å². The number of rotatable bonds is 7. The van der Waals surface area contributed by atoms with Crippen molar-refractivity contribution in [1.29, 1.82) is 0 Å². The van der Waals surface area contributed by atoms with Gasteiger partial charge < -0.3 is 10.4 Å². The van der Waals surface area contributed by atoms with Crippen molar-refractivity contribution >= 4 is 5.91 Å². The highest BCUT2D eigenvalue weighted by Crippen LogP contribution is 2.44. The van der Waals surface area contributed by atoms with Crippen LogP contribution in [0.15, 0.2) is 24.3 Å². The Bertz CT molecular complexity index is 421. The van der Waals surface area contributed by atoms with Crippen LogP contribution in [0.4, 0.5) is 0 Å². The van der Waals surface area contributed by atoms with Crippen molar-refractivity contribution in [3.05, 3.63) is 35.4 Å². The Morgan fingerprint density at radius 2 is 1.89 bits per heavy atom. The zero-order valence-electron chi connectivity index (χ0n) is 11.6. The van der Waals surface area contributed by atoms with E-state index < -0.39 is 0 Å². The SMILES string of the molecule is CCc1ccc(CCC(=O)NCC2(CO)CC2)cc1. The molecule has 1 amide bonds. The predicted octanol–water partition coefficient (Wildman–Crippen LogP) is 2.07. The topological polar surface area (TPSA) is 49.3 Å². The summed E-state index contributed by atoms with van der Waals surface area (Å²) in [5.74, 6) is 0.0827. The molecule has 0 aromatic heterocycles. The van der Waals surface area contributed by atoms with Crippen molar-refractivity contribution in [3.8, 4) is 0 Å². The third-order valence-corrected chi connectivity index (χ3v) is 4.03. The quantitative estimate of drug-likeness (QED) is 0.789. The van der Waals surface area contributed by atoms with Gasteiger partial charge in [0.2, 0.25) is 5.91 Å². The second-order valence-corrected chi connectivity index (χ2v) is 5.60. The fraction of sp³-hybridized carbons (Fsp3) is 0.562. The summed E-state index contributed by atoms with van der Waals surface area (Å²) in [5, 5.41) is 12.1. The standard InChI is InChI=1S/C16H23NO2/c1-2-13-3-5-14(6-4-13)7-8-15(19)17-11-16(12-18)9-10-16/h3-6,18H,2,7-12H2,1H3,(H,17,19). The van der Waals surface area contributed by atoms with E-state index >= 15 is 0 Å². The molecule has 0 aliphatic heterocycles. The molecule has 19 heavy (non-hydrogen) atoms. The second kappa shape index (κ2) is 6.20. The van der Waals surface area contributed by atoms with Crippen molar-refractivity contribution in [2.75, 3.05) is 13.2 Å². The summed E-state index contributed by atoms with van der Waals surface area (Å²) in [5.41, 5.74) is 2.53. The molecule has 3 nitrogen and oxygen atoms in total. The highest BCUT2D eigenvalue weighted by atomic mass is 16.3. The van der Waals surface area contributed by atoms with Crippen molar-refractivity contribution in [1.82, 2.24) is 5.32 Å². The highest BCUT2D eigenvalue weighted by molar-refractivity contribution is 5.76. The van der Waals surface area contributed by atoms with Gasteiger partial charge in [-0.1, -0.05) is 31.2 Å². The third-order valence-electron chi connectivity index (χ3n) is 4.03. The Kier molecular flexibility index (Phi) is 4.59. The fourth-order valence-electron chi connectivity index (χ4n) is 2.14. The lowest BCUT2D eigenvalue weighted by Crippen LogP contribution is -2.31. The zero-order valence-corrected chi connectivity index (χ0v) is 11.6. The molecule has 0 saturated heterocycles. The van der Waals surface area contributed by atoms with E-state index in [9.17, 15) is 9.90 Å². The first-order valence-corrected chi connectivity index (χ1v) is 7.13. The van der Waals surface area contributed by atoms with E-state index in [1.54, 1.807) is 0 Å². The maximum atomic E-state index is 11.7. The summed E-state index contributed by atoms with van der Waals surface area (Å²) in [6.07, 6.45) is 4.41. The largest absolute Gasteiger partial charge is 0.396 e. The van der Waals surface area contributed by atoms with E-state index in [4.69, 9.17) is 0 Å². The minimum absolute atomic E-state index is 0.00155. The monoisotopic (exact) mass is 261 g/mol. The van der Waals surface area contributed by atoms with Gasteiger partial charge in [-0.25, -0.2) is 0 Å². The first kappa shape index (κ1) is 14.1. The molecule has 3 heteroatoms. The molecule has 0 heterocycles. The van der Waals surface area contributed by atoms with Crippen molar-refractivity contribution < 1.29 is 9.90 Å². The van der Waals surface area contributed by atoms with Crippen molar-refractivity contribution in [2.45, 2.75) is 39.0 Å². The smallest absolute Gasteiger partial charge is 0.220 e. The number of amides is 1. The van der Waals surface area contributed by atoms with Gasteiger partial charge >= 0.3 is 0 Å². The number of carbonyl (C=O) groups is 1. The number of hydrogen-bond donors (Lipinski definition) is 2. The average molecular weight is 261 g/mol. The maximum absolute atomic E-state index is 11.7. The number of nitrogens with one attached hydrogen (secondary N) is 1. The number of hydrogen-bond acceptors (Lipinski definition) is 2. The van der Waals surface area contributed by atoms with Gasteiger partial charge in [0, 0.05) is 18.4 Å². The van der Waals surface area contributed by atoms with E-state index in [-0.39, 0.29) is 17.9 Å². The first-order chi connectivity index (χ1) is 9.17. The molecule has 0 bridgehead atoms. The van der Waals surface area contributed by atoms with E-state index in [1.165, 1.54) is 11.1 Å². The van der Waals surface area contributed by atoms with Crippen molar-refractivity contribution in [3.63, 3.8) is 0 Å². The average Bonchev–Trinajstić information content (AvgIpc) is 3.24. The van der Waals surface area contributed by atoms with Crippen LogP contribution in [0.2, 0.25) is 0 Å². The summed E-state index contributed by atoms with van der Waals surface area (Å²) < 4.78 is 0. The molecule has 1 fully saturated rings. The predicted molar refractivity (Wildman–Crippen MR) is 75.9 cm³/mol. The van der Waals surface area contributed by atoms with Gasteiger partial charge in [0.1, 0.15) is 0 Å². The highest BCUT2D eigenvalue weighted by Gasteiger charge is 2.41. The van der Waals surface area contributed by atoms with Gasteiger partial charge in [0.15, 0.2) is 0 Å². The van der Waals surface area contributed by atoms with Crippen LogP contribution in [0.1, 0.15) is 37.3 Å². The fourth-order valence-corrected chi connectivity index (χ4v) is 2.14. The van der Waals surface area contributed by atoms with Gasteiger partial charge in [-0.15, -0.1) is 0 Å². The molecule has 1 saturated carbocycles. The summed E-state index contributed by atoms with van der Waals surface area (Å²) in [4.78, 5) is 11.7. The van der Waals surface area contributed by atoms with Crippen LogP contribution < -0.4 is 5.32 Å². The lowest BCUT2D eigenvalue weighted by Gasteiger charge is -2.12. The molecule has 0 unspecified atom stereocenters. The van der Waals surface area contributed by atoms with E-state index in [0.29, 0.717) is 13.0 Å².